The molecule has 5 rings (SSSR count). The molecular weight excluding hydrogens is 490 g/mol. The van der Waals surface area contributed by atoms with Crippen molar-refractivity contribution >= 4 is 23.1 Å². The molecule has 4 aromatic rings. The molecule has 4 aromatic carbocycles. The molecule has 6 nitrogen and oxygen atoms in total. The first kappa shape index (κ1) is 25.8. The summed E-state index contributed by atoms with van der Waals surface area (Å²) in [6, 6.07) is 29.9. The van der Waals surface area contributed by atoms with Gasteiger partial charge in [0.15, 0.2) is 0 Å². The van der Waals surface area contributed by atoms with Crippen LogP contribution in [0, 0.1) is 6.92 Å². The van der Waals surface area contributed by atoms with Crippen molar-refractivity contribution in [3.05, 3.63) is 125 Å². The van der Waals surface area contributed by atoms with Crippen LogP contribution in [0.1, 0.15) is 36.6 Å². The van der Waals surface area contributed by atoms with Crippen LogP contribution < -0.4 is 14.4 Å². The largest absolute Gasteiger partial charge is 0.507 e. The number of hydrogen-bond donors (Lipinski definition) is 1. The lowest BCUT2D eigenvalue weighted by molar-refractivity contribution is -0.132. The molecule has 0 aliphatic carbocycles. The van der Waals surface area contributed by atoms with Gasteiger partial charge in [0.05, 0.1) is 17.7 Å². The third-order valence-corrected chi connectivity index (χ3v) is 6.41. The number of Topliss-reactive ketones (excluding diaryl/α,β-unsaturated/α-hetero) is 1. The Balaban J connectivity index is 1.62. The molecule has 1 atom stereocenters. The van der Waals surface area contributed by atoms with E-state index >= 15 is 0 Å². The van der Waals surface area contributed by atoms with Crippen molar-refractivity contribution in [3.8, 4) is 17.2 Å². The lowest BCUT2D eigenvalue weighted by Gasteiger charge is -2.26. The maximum atomic E-state index is 13.5. The molecule has 39 heavy (non-hydrogen) atoms. The second kappa shape index (κ2) is 10.9. The average Bonchev–Trinajstić information content (AvgIpc) is 3.20. The molecule has 0 bridgehead atoms. The van der Waals surface area contributed by atoms with E-state index in [0.717, 1.165) is 5.56 Å². The predicted molar refractivity (Wildman–Crippen MR) is 151 cm³/mol. The van der Waals surface area contributed by atoms with Crippen molar-refractivity contribution < 1.29 is 24.2 Å². The maximum Gasteiger partial charge on any atom is 0.300 e. The molecule has 1 fully saturated rings. The van der Waals surface area contributed by atoms with E-state index in [9.17, 15) is 14.7 Å². The second-order valence-electron chi connectivity index (χ2n) is 9.68. The van der Waals surface area contributed by atoms with Crippen molar-refractivity contribution in [1.29, 1.82) is 0 Å². The van der Waals surface area contributed by atoms with E-state index in [4.69, 9.17) is 9.47 Å². The molecule has 1 aliphatic rings. The van der Waals surface area contributed by atoms with Crippen LogP contribution in [0.25, 0.3) is 5.76 Å². The Labute approximate surface area is 227 Å². The van der Waals surface area contributed by atoms with Crippen LogP contribution >= 0.6 is 0 Å². The number of para-hydroxylation sites is 1. The van der Waals surface area contributed by atoms with E-state index in [1.165, 1.54) is 4.90 Å². The summed E-state index contributed by atoms with van der Waals surface area (Å²) in [5, 5.41) is 11.4. The Hall–Kier alpha value is -4.84. The van der Waals surface area contributed by atoms with Crippen LogP contribution in [0.5, 0.6) is 17.2 Å². The first-order valence-corrected chi connectivity index (χ1v) is 12.8. The van der Waals surface area contributed by atoms with E-state index in [0.29, 0.717) is 34.1 Å². The summed E-state index contributed by atoms with van der Waals surface area (Å²) in [5.41, 5.74) is 2.63. The van der Waals surface area contributed by atoms with E-state index in [2.05, 4.69) is 0 Å². The molecule has 0 spiro atoms. The molecule has 6 heteroatoms. The van der Waals surface area contributed by atoms with Crippen molar-refractivity contribution in [3.63, 3.8) is 0 Å². The third-order valence-electron chi connectivity index (χ3n) is 6.41. The molecule has 1 N–H and O–H groups in total. The monoisotopic (exact) mass is 519 g/mol. The fourth-order valence-corrected chi connectivity index (χ4v) is 4.61. The molecule has 1 aliphatic heterocycles. The zero-order valence-corrected chi connectivity index (χ0v) is 22.0. The van der Waals surface area contributed by atoms with Gasteiger partial charge in [0.1, 0.15) is 23.0 Å². The van der Waals surface area contributed by atoms with Gasteiger partial charge in [0, 0.05) is 11.3 Å². The molecule has 0 aromatic heterocycles. The zero-order chi connectivity index (χ0) is 27.5. The fourth-order valence-electron chi connectivity index (χ4n) is 4.61. The highest BCUT2D eigenvalue weighted by molar-refractivity contribution is 6.51. The number of benzene rings is 4. The number of ketones is 1. The molecule has 196 valence electrons. The smallest absolute Gasteiger partial charge is 0.300 e. The minimum absolute atomic E-state index is 0.00494. The topological polar surface area (TPSA) is 76.1 Å². The van der Waals surface area contributed by atoms with E-state index in [1.54, 1.807) is 48.5 Å². The predicted octanol–water partition coefficient (Wildman–Crippen LogP) is 7.20. The number of rotatable bonds is 7. The standard InChI is InChI=1S/C33H29NO5/c1-21(2)38-27-18-14-23(15-19-27)31(35)29-30(34(33(37)32(29)36)25-16-12-22(3)13-17-25)24-8-7-11-28(20-24)39-26-9-5-4-6-10-26/h4-21,30,35H,1-3H3/b31-29-. The van der Waals surface area contributed by atoms with Crippen molar-refractivity contribution in [1.82, 2.24) is 0 Å². The quantitative estimate of drug-likeness (QED) is 0.159. The number of carbonyl (C=O) groups excluding carboxylic acids is 2. The number of aliphatic hydroxyl groups excluding tert-OH is 1. The highest BCUT2D eigenvalue weighted by Gasteiger charge is 2.47. The van der Waals surface area contributed by atoms with Crippen molar-refractivity contribution in [2.75, 3.05) is 4.90 Å². The van der Waals surface area contributed by atoms with Gasteiger partial charge in [-0.2, -0.15) is 0 Å². The minimum Gasteiger partial charge on any atom is -0.507 e. The van der Waals surface area contributed by atoms with Crippen LogP contribution in [-0.2, 0) is 9.59 Å². The van der Waals surface area contributed by atoms with Crippen LogP contribution in [0.3, 0.4) is 0 Å². The Morgan fingerprint density at radius 3 is 2.13 bits per heavy atom. The lowest BCUT2D eigenvalue weighted by atomic mass is 9.95. The van der Waals surface area contributed by atoms with Gasteiger partial charge >= 0.3 is 0 Å². The van der Waals surface area contributed by atoms with E-state index in [-0.39, 0.29) is 17.4 Å². The summed E-state index contributed by atoms with van der Waals surface area (Å²) < 4.78 is 11.7. The van der Waals surface area contributed by atoms with Gasteiger partial charge in [0.25, 0.3) is 11.7 Å². The summed E-state index contributed by atoms with van der Waals surface area (Å²) in [4.78, 5) is 28.4. The molecule has 1 heterocycles. The van der Waals surface area contributed by atoms with Gasteiger partial charge in [-0.05, 0) is 87.0 Å². The van der Waals surface area contributed by atoms with Crippen LogP contribution in [0.2, 0.25) is 0 Å². The van der Waals surface area contributed by atoms with Crippen LogP contribution in [0.4, 0.5) is 5.69 Å². The molecule has 1 amide bonds. The number of aryl methyl sites for hydroxylation is 1. The van der Waals surface area contributed by atoms with Crippen LogP contribution in [0.15, 0.2) is 109 Å². The SMILES string of the molecule is Cc1ccc(N2C(=O)C(=O)/C(=C(\O)c3ccc(OC(C)C)cc3)C2c2cccc(Oc3ccccc3)c2)cc1. The first-order valence-electron chi connectivity index (χ1n) is 12.8. The zero-order valence-electron chi connectivity index (χ0n) is 22.0. The number of ether oxygens (including phenoxy) is 2. The Bertz CT molecular complexity index is 1520. The molecule has 1 saturated heterocycles. The molecule has 0 radical (unpaired) electrons. The minimum atomic E-state index is -0.862. The number of hydrogen-bond acceptors (Lipinski definition) is 5. The Morgan fingerprint density at radius 1 is 0.795 bits per heavy atom. The first-order chi connectivity index (χ1) is 18.8. The summed E-state index contributed by atoms with van der Waals surface area (Å²) in [6.45, 7) is 5.80. The van der Waals surface area contributed by atoms with Gasteiger partial charge < -0.3 is 14.6 Å². The van der Waals surface area contributed by atoms with E-state index in [1.807, 2.05) is 75.4 Å². The van der Waals surface area contributed by atoms with Crippen molar-refractivity contribution in [2.24, 2.45) is 0 Å². The maximum absolute atomic E-state index is 13.5. The number of nitrogens with zero attached hydrogens (tertiary/aromatic N) is 1. The average molecular weight is 520 g/mol. The van der Waals surface area contributed by atoms with Gasteiger partial charge in [-0.25, -0.2) is 0 Å². The highest BCUT2D eigenvalue weighted by Crippen LogP contribution is 2.43. The Kier molecular flexibility index (Phi) is 7.19. The van der Waals surface area contributed by atoms with Gasteiger partial charge in [0.2, 0.25) is 0 Å². The summed E-state index contributed by atoms with van der Waals surface area (Å²) in [6.07, 6.45) is -0.00494. The van der Waals surface area contributed by atoms with E-state index < -0.39 is 17.7 Å². The number of anilines is 1. The van der Waals surface area contributed by atoms with Gasteiger partial charge in [-0.15, -0.1) is 0 Å². The lowest BCUT2D eigenvalue weighted by Crippen LogP contribution is -2.29. The summed E-state index contributed by atoms with van der Waals surface area (Å²) in [7, 11) is 0. The van der Waals surface area contributed by atoms with Gasteiger partial charge in [-0.3, -0.25) is 14.5 Å². The molecule has 1 unspecified atom stereocenters. The third kappa shape index (κ3) is 5.41. The second-order valence-corrected chi connectivity index (χ2v) is 9.68. The molecule has 0 saturated carbocycles. The highest BCUT2D eigenvalue weighted by atomic mass is 16.5. The van der Waals surface area contributed by atoms with Gasteiger partial charge in [-0.1, -0.05) is 48.0 Å². The number of aliphatic hydroxyl groups is 1. The van der Waals surface area contributed by atoms with Crippen molar-refractivity contribution in [2.45, 2.75) is 32.9 Å². The fraction of sp³-hybridized carbons (Fsp3) is 0.152. The number of carbonyl (C=O) groups is 2. The van der Waals surface area contributed by atoms with Crippen LogP contribution in [-0.4, -0.2) is 22.9 Å². The summed E-state index contributed by atoms with van der Waals surface area (Å²) in [5.74, 6) is 0.131. The Morgan fingerprint density at radius 2 is 1.46 bits per heavy atom. The normalized spacial score (nSPS) is 16.5. The molecular formula is C33H29NO5. The summed E-state index contributed by atoms with van der Waals surface area (Å²) >= 11 is 0. The number of amides is 1.